The van der Waals surface area contributed by atoms with Gasteiger partial charge in [0, 0.05) is 18.0 Å². The molecule has 0 fully saturated rings. The lowest BCUT2D eigenvalue weighted by atomic mass is 10.2. The molecule has 0 unspecified atom stereocenters. The fourth-order valence-electron chi connectivity index (χ4n) is 1.93. The van der Waals surface area contributed by atoms with Crippen molar-refractivity contribution in [2.75, 3.05) is 12.8 Å². The van der Waals surface area contributed by atoms with Gasteiger partial charge in [-0.25, -0.2) is 4.99 Å². The second-order valence-corrected chi connectivity index (χ2v) is 5.65. The molecule has 6 nitrogen and oxygen atoms in total. The molecule has 1 heterocycles. The number of anilines is 1. The molecule has 116 valence electrons. The van der Waals surface area contributed by atoms with Gasteiger partial charge in [0.25, 0.3) is 0 Å². The van der Waals surface area contributed by atoms with Crippen molar-refractivity contribution in [2.24, 2.45) is 4.99 Å². The van der Waals surface area contributed by atoms with Crippen LogP contribution in [0.3, 0.4) is 0 Å². The molecule has 0 spiro atoms. The van der Waals surface area contributed by atoms with Crippen LogP contribution in [-0.2, 0) is 0 Å². The largest absolute Gasteiger partial charge is 0.507 e. The van der Waals surface area contributed by atoms with E-state index in [1.807, 2.05) is 24.3 Å². The molecule has 0 saturated carbocycles. The summed E-state index contributed by atoms with van der Waals surface area (Å²) in [5.74, 6) is 0.867. The van der Waals surface area contributed by atoms with Gasteiger partial charge in [-0.1, -0.05) is 11.3 Å². The Morgan fingerprint density at radius 1 is 1.17 bits per heavy atom. The highest BCUT2D eigenvalue weighted by molar-refractivity contribution is 7.18. The number of nitrogens with zero attached hydrogens (tertiary/aromatic N) is 3. The van der Waals surface area contributed by atoms with E-state index in [4.69, 9.17) is 10.5 Å². The molecule has 2 aromatic carbocycles. The third kappa shape index (κ3) is 3.46. The van der Waals surface area contributed by atoms with Crippen molar-refractivity contribution < 1.29 is 9.84 Å². The predicted octanol–water partition coefficient (Wildman–Crippen LogP) is 3.25. The molecule has 0 amide bonds. The minimum atomic E-state index is 0.0758. The molecule has 0 atom stereocenters. The van der Waals surface area contributed by atoms with Crippen LogP contribution in [0.25, 0.3) is 10.6 Å². The summed E-state index contributed by atoms with van der Waals surface area (Å²) >= 11 is 1.29. The van der Waals surface area contributed by atoms with Crippen molar-refractivity contribution in [3.63, 3.8) is 0 Å². The van der Waals surface area contributed by atoms with E-state index < -0.39 is 0 Å². The summed E-state index contributed by atoms with van der Waals surface area (Å²) in [6.45, 7) is 0. The van der Waals surface area contributed by atoms with Crippen LogP contribution >= 0.6 is 11.3 Å². The Balaban J connectivity index is 1.79. The molecule has 0 aliphatic heterocycles. The number of ether oxygens (including phenoxy) is 1. The Morgan fingerprint density at radius 2 is 1.96 bits per heavy atom. The number of hydrogen-bond acceptors (Lipinski definition) is 7. The van der Waals surface area contributed by atoms with Gasteiger partial charge in [-0.3, -0.25) is 0 Å². The van der Waals surface area contributed by atoms with Crippen LogP contribution in [0.2, 0.25) is 0 Å². The number of aromatic hydroxyl groups is 1. The Hall–Kier alpha value is -2.93. The Labute approximate surface area is 136 Å². The van der Waals surface area contributed by atoms with Crippen molar-refractivity contribution in [3.8, 4) is 22.1 Å². The molecule has 0 radical (unpaired) electrons. The third-order valence-electron chi connectivity index (χ3n) is 3.11. The molecule has 0 saturated heterocycles. The van der Waals surface area contributed by atoms with Crippen LogP contribution in [0.4, 0.5) is 10.8 Å². The van der Waals surface area contributed by atoms with Crippen LogP contribution < -0.4 is 10.5 Å². The van der Waals surface area contributed by atoms with Crippen molar-refractivity contribution in [1.29, 1.82) is 0 Å². The van der Waals surface area contributed by atoms with Crippen molar-refractivity contribution in [1.82, 2.24) is 10.2 Å². The fraction of sp³-hybridized carbons (Fsp3) is 0.0625. The number of rotatable bonds is 4. The van der Waals surface area contributed by atoms with Crippen LogP contribution in [0.1, 0.15) is 5.56 Å². The lowest BCUT2D eigenvalue weighted by Crippen LogP contribution is -1.85. The van der Waals surface area contributed by atoms with E-state index in [0.717, 1.165) is 11.3 Å². The van der Waals surface area contributed by atoms with Crippen molar-refractivity contribution >= 4 is 28.4 Å². The number of phenols is 1. The van der Waals surface area contributed by atoms with E-state index in [1.165, 1.54) is 17.4 Å². The highest BCUT2D eigenvalue weighted by atomic mass is 32.1. The van der Waals surface area contributed by atoms with Crippen LogP contribution in [0, 0.1) is 0 Å². The van der Waals surface area contributed by atoms with Crippen LogP contribution in [0.15, 0.2) is 47.5 Å². The molecule has 7 heteroatoms. The van der Waals surface area contributed by atoms with Crippen LogP contribution in [-0.4, -0.2) is 28.6 Å². The fourth-order valence-corrected chi connectivity index (χ4v) is 2.65. The Morgan fingerprint density at radius 3 is 2.65 bits per heavy atom. The van der Waals surface area contributed by atoms with Gasteiger partial charge in [0.15, 0.2) is 5.01 Å². The first-order chi connectivity index (χ1) is 11.2. The zero-order valence-corrected chi connectivity index (χ0v) is 13.1. The lowest BCUT2D eigenvalue weighted by Gasteiger charge is -2.00. The number of methoxy groups -OCH3 is 1. The number of aromatic nitrogens is 2. The second-order valence-electron chi connectivity index (χ2n) is 4.70. The Kier molecular flexibility index (Phi) is 4.20. The smallest absolute Gasteiger partial charge is 0.231 e. The molecule has 3 rings (SSSR count). The lowest BCUT2D eigenvalue weighted by molar-refractivity contribution is 0.415. The van der Waals surface area contributed by atoms with Gasteiger partial charge >= 0.3 is 0 Å². The zero-order chi connectivity index (χ0) is 16.2. The van der Waals surface area contributed by atoms with Gasteiger partial charge in [0.05, 0.1) is 12.7 Å². The molecular weight excluding hydrogens is 312 g/mol. The SMILES string of the molecule is COc1ccc(/C=N/c2nnc(-c3ccc(N)cc3O)s2)cc1. The molecule has 0 aliphatic rings. The van der Waals surface area contributed by atoms with E-state index in [-0.39, 0.29) is 5.75 Å². The van der Waals surface area contributed by atoms with E-state index in [2.05, 4.69) is 15.2 Å². The summed E-state index contributed by atoms with van der Waals surface area (Å²) in [7, 11) is 1.62. The normalized spacial score (nSPS) is 11.0. The molecule has 1 aromatic heterocycles. The van der Waals surface area contributed by atoms with E-state index >= 15 is 0 Å². The number of aliphatic imine (C=N–C) groups is 1. The molecule has 0 bridgehead atoms. The quantitative estimate of drug-likeness (QED) is 0.567. The summed E-state index contributed by atoms with van der Waals surface area (Å²) in [5.41, 5.74) is 7.63. The maximum absolute atomic E-state index is 9.92. The molecule has 3 aromatic rings. The van der Waals surface area contributed by atoms with Gasteiger partial charge in [0.1, 0.15) is 11.5 Å². The predicted molar refractivity (Wildman–Crippen MR) is 91.7 cm³/mol. The van der Waals surface area contributed by atoms with Crippen molar-refractivity contribution in [3.05, 3.63) is 48.0 Å². The number of nitrogens with two attached hydrogens (primary N) is 1. The monoisotopic (exact) mass is 326 g/mol. The standard InChI is InChI=1S/C16H14N4O2S/c1-22-12-5-2-10(3-6-12)9-18-16-20-19-15(23-16)13-7-4-11(17)8-14(13)21/h2-9,21H,17H2,1H3/b18-9+. The van der Waals surface area contributed by atoms with E-state index in [0.29, 0.717) is 21.4 Å². The van der Waals surface area contributed by atoms with Gasteiger partial charge in [0.2, 0.25) is 5.13 Å². The maximum Gasteiger partial charge on any atom is 0.231 e. The number of nitrogen functional groups attached to an aromatic ring is 1. The first kappa shape index (κ1) is 15.0. The first-order valence-corrected chi connectivity index (χ1v) is 7.58. The summed E-state index contributed by atoms with van der Waals surface area (Å²) in [4.78, 5) is 4.30. The summed E-state index contributed by atoms with van der Waals surface area (Å²) in [6.07, 6.45) is 1.70. The summed E-state index contributed by atoms with van der Waals surface area (Å²) in [5, 5.41) is 19.1. The van der Waals surface area contributed by atoms with Gasteiger partial charge in [-0.05, 0) is 42.0 Å². The average Bonchev–Trinajstić information content (AvgIpc) is 3.02. The first-order valence-electron chi connectivity index (χ1n) is 6.76. The minimum absolute atomic E-state index is 0.0758. The van der Waals surface area contributed by atoms with Crippen LogP contribution in [0.5, 0.6) is 11.5 Å². The highest BCUT2D eigenvalue weighted by Crippen LogP contribution is 2.34. The van der Waals surface area contributed by atoms with E-state index in [9.17, 15) is 5.11 Å². The summed E-state index contributed by atoms with van der Waals surface area (Å²) < 4.78 is 5.11. The minimum Gasteiger partial charge on any atom is -0.507 e. The number of hydrogen-bond donors (Lipinski definition) is 2. The average molecular weight is 326 g/mol. The van der Waals surface area contributed by atoms with Gasteiger partial charge < -0.3 is 15.6 Å². The topological polar surface area (TPSA) is 93.6 Å². The maximum atomic E-state index is 9.92. The van der Waals surface area contributed by atoms with Gasteiger partial charge in [-0.15, -0.1) is 10.2 Å². The summed E-state index contributed by atoms with van der Waals surface area (Å²) in [6, 6.07) is 12.4. The Bertz CT molecular complexity index is 844. The second kappa shape index (κ2) is 6.45. The zero-order valence-electron chi connectivity index (χ0n) is 12.3. The number of benzene rings is 2. The third-order valence-corrected chi connectivity index (χ3v) is 3.97. The van der Waals surface area contributed by atoms with E-state index in [1.54, 1.807) is 25.5 Å². The van der Waals surface area contributed by atoms with Crippen molar-refractivity contribution in [2.45, 2.75) is 0 Å². The number of phenolic OH excluding ortho intramolecular Hbond substituents is 1. The molecule has 0 aliphatic carbocycles. The molecule has 3 N–H and O–H groups in total. The molecule has 23 heavy (non-hydrogen) atoms. The van der Waals surface area contributed by atoms with Gasteiger partial charge in [-0.2, -0.15) is 0 Å². The highest BCUT2D eigenvalue weighted by Gasteiger charge is 2.10. The molecular formula is C16H14N4O2S.